The minimum Gasteiger partial charge on any atom is -0.348 e. The standard InChI is InChI=1S/C14H17N3O2S/c15-7-1-3-11-4-2-8-16-13(11)14(18)17-12-5-9-20(19)10-6-12/h2,4,8,12H,5-7,9-10,15H2,(H,17,18). The maximum absolute atomic E-state index is 12.2. The average molecular weight is 291 g/mol. The summed E-state index contributed by atoms with van der Waals surface area (Å²) in [7, 11) is -0.732. The van der Waals surface area contributed by atoms with Crippen molar-refractivity contribution in [3.05, 3.63) is 29.6 Å². The summed E-state index contributed by atoms with van der Waals surface area (Å²) in [5.74, 6) is 6.64. The first-order valence-corrected chi connectivity index (χ1v) is 7.99. The van der Waals surface area contributed by atoms with Crippen LogP contribution in [-0.2, 0) is 10.8 Å². The van der Waals surface area contributed by atoms with Gasteiger partial charge in [-0.15, -0.1) is 0 Å². The van der Waals surface area contributed by atoms with Crippen molar-refractivity contribution in [3.63, 3.8) is 0 Å². The van der Waals surface area contributed by atoms with Crippen molar-refractivity contribution in [2.45, 2.75) is 18.9 Å². The Morgan fingerprint density at radius 3 is 2.95 bits per heavy atom. The minimum absolute atomic E-state index is 0.0672. The van der Waals surface area contributed by atoms with Crippen LogP contribution in [0, 0.1) is 11.8 Å². The van der Waals surface area contributed by atoms with Crippen molar-refractivity contribution in [1.82, 2.24) is 10.3 Å². The molecule has 3 N–H and O–H groups in total. The van der Waals surface area contributed by atoms with Gasteiger partial charge in [-0.25, -0.2) is 4.98 Å². The van der Waals surface area contributed by atoms with Crippen LogP contribution in [0.5, 0.6) is 0 Å². The van der Waals surface area contributed by atoms with Crippen molar-refractivity contribution >= 4 is 16.7 Å². The Hall–Kier alpha value is -1.71. The first kappa shape index (κ1) is 14.7. The van der Waals surface area contributed by atoms with Gasteiger partial charge in [0.1, 0.15) is 5.69 Å². The zero-order chi connectivity index (χ0) is 14.4. The van der Waals surface area contributed by atoms with E-state index >= 15 is 0 Å². The van der Waals surface area contributed by atoms with E-state index in [1.165, 1.54) is 0 Å². The smallest absolute Gasteiger partial charge is 0.271 e. The van der Waals surface area contributed by atoms with Crippen LogP contribution in [0.2, 0.25) is 0 Å². The quantitative estimate of drug-likeness (QED) is 0.753. The molecular formula is C14H17N3O2S. The van der Waals surface area contributed by atoms with Gasteiger partial charge in [-0.05, 0) is 25.0 Å². The topological polar surface area (TPSA) is 85.1 Å². The van der Waals surface area contributed by atoms with Crippen LogP contribution < -0.4 is 11.1 Å². The second-order valence-electron chi connectivity index (χ2n) is 4.50. The monoisotopic (exact) mass is 291 g/mol. The van der Waals surface area contributed by atoms with E-state index < -0.39 is 10.8 Å². The van der Waals surface area contributed by atoms with E-state index in [-0.39, 0.29) is 18.5 Å². The summed E-state index contributed by atoms with van der Waals surface area (Å²) in [5, 5.41) is 2.94. The molecule has 1 aliphatic rings. The molecule has 1 saturated heterocycles. The van der Waals surface area contributed by atoms with E-state index in [1.54, 1.807) is 18.3 Å². The van der Waals surface area contributed by atoms with Crippen molar-refractivity contribution in [3.8, 4) is 11.8 Å². The molecule has 0 aliphatic carbocycles. The molecule has 0 spiro atoms. The van der Waals surface area contributed by atoms with E-state index in [9.17, 15) is 9.00 Å². The molecule has 1 amide bonds. The minimum atomic E-state index is -0.732. The maximum atomic E-state index is 12.2. The average Bonchev–Trinajstić information content (AvgIpc) is 2.47. The fourth-order valence-electron chi connectivity index (χ4n) is 2.03. The number of hydrogen-bond donors (Lipinski definition) is 2. The van der Waals surface area contributed by atoms with E-state index in [1.807, 2.05) is 0 Å². The Labute approximate surface area is 120 Å². The van der Waals surface area contributed by atoms with Crippen LogP contribution in [0.25, 0.3) is 0 Å². The molecule has 0 radical (unpaired) electrons. The maximum Gasteiger partial charge on any atom is 0.271 e. The zero-order valence-corrected chi connectivity index (χ0v) is 11.9. The van der Waals surface area contributed by atoms with Crippen LogP contribution in [0.1, 0.15) is 28.9 Å². The number of aromatic nitrogens is 1. The van der Waals surface area contributed by atoms with Gasteiger partial charge in [0.15, 0.2) is 0 Å². The number of carbonyl (C=O) groups excluding carboxylic acids is 1. The van der Waals surface area contributed by atoms with Gasteiger partial charge in [0.25, 0.3) is 5.91 Å². The second kappa shape index (κ2) is 7.17. The number of rotatable bonds is 2. The molecule has 20 heavy (non-hydrogen) atoms. The SMILES string of the molecule is NCC#Cc1cccnc1C(=O)NC1CCS(=O)CC1. The summed E-state index contributed by atoms with van der Waals surface area (Å²) in [6, 6.07) is 3.55. The van der Waals surface area contributed by atoms with Crippen molar-refractivity contribution < 1.29 is 9.00 Å². The van der Waals surface area contributed by atoms with Gasteiger partial charge in [0.05, 0.1) is 12.1 Å². The number of amides is 1. The van der Waals surface area contributed by atoms with E-state index in [0.717, 1.165) is 12.8 Å². The first-order valence-electron chi connectivity index (χ1n) is 6.50. The molecule has 2 rings (SSSR count). The number of carbonyl (C=O) groups is 1. The molecule has 6 heteroatoms. The molecule has 1 aromatic heterocycles. The molecule has 1 aromatic rings. The third-order valence-corrected chi connectivity index (χ3v) is 4.45. The Kier molecular flexibility index (Phi) is 5.27. The lowest BCUT2D eigenvalue weighted by Gasteiger charge is -2.22. The molecule has 5 nitrogen and oxygen atoms in total. The first-order chi connectivity index (χ1) is 9.70. The van der Waals surface area contributed by atoms with E-state index in [4.69, 9.17) is 5.73 Å². The number of nitrogens with zero attached hydrogens (tertiary/aromatic N) is 1. The number of hydrogen-bond acceptors (Lipinski definition) is 4. The normalized spacial score (nSPS) is 21.6. The highest BCUT2D eigenvalue weighted by molar-refractivity contribution is 7.85. The summed E-state index contributed by atoms with van der Waals surface area (Å²) in [5.41, 5.74) is 6.24. The van der Waals surface area contributed by atoms with Crippen LogP contribution in [0.4, 0.5) is 0 Å². The Balaban J connectivity index is 2.07. The van der Waals surface area contributed by atoms with Crippen LogP contribution in [0.3, 0.4) is 0 Å². The van der Waals surface area contributed by atoms with E-state index in [0.29, 0.717) is 22.8 Å². The second-order valence-corrected chi connectivity index (χ2v) is 6.20. The molecule has 0 unspecified atom stereocenters. The van der Waals surface area contributed by atoms with Crippen molar-refractivity contribution in [1.29, 1.82) is 0 Å². The van der Waals surface area contributed by atoms with E-state index in [2.05, 4.69) is 22.1 Å². The lowest BCUT2D eigenvalue weighted by atomic mass is 10.1. The number of nitrogens with one attached hydrogen (secondary N) is 1. The fraction of sp³-hybridized carbons (Fsp3) is 0.429. The van der Waals surface area contributed by atoms with Gasteiger partial charge < -0.3 is 11.1 Å². The van der Waals surface area contributed by atoms with Gasteiger partial charge in [-0.1, -0.05) is 11.8 Å². The number of nitrogens with two attached hydrogens (primary N) is 1. The molecular weight excluding hydrogens is 274 g/mol. The van der Waals surface area contributed by atoms with Crippen molar-refractivity contribution in [2.24, 2.45) is 5.73 Å². The van der Waals surface area contributed by atoms with Gasteiger partial charge in [0, 0.05) is 34.5 Å². The highest BCUT2D eigenvalue weighted by Gasteiger charge is 2.21. The number of pyridine rings is 1. The molecule has 106 valence electrons. The van der Waals surface area contributed by atoms with Crippen LogP contribution >= 0.6 is 0 Å². The summed E-state index contributed by atoms with van der Waals surface area (Å²) in [6.45, 7) is 0.240. The molecule has 0 atom stereocenters. The fourth-order valence-corrected chi connectivity index (χ4v) is 3.32. The third kappa shape index (κ3) is 3.89. The summed E-state index contributed by atoms with van der Waals surface area (Å²) < 4.78 is 11.3. The summed E-state index contributed by atoms with van der Waals surface area (Å²) >= 11 is 0. The highest BCUT2D eigenvalue weighted by Crippen LogP contribution is 2.11. The lowest BCUT2D eigenvalue weighted by Crippen LogP contribution is -2.40. The summed E-state index contributed by atoms with van der Waals surface area (Å²) in [6.07, 6.45) is 3.06. The largest absolute Gasteiger partial charge is 0.348 e. The molecule has 0 saturated carbocycles. The van der Waals surface area contributed by atoms with Gasteiger partial charge in [-0.3, -0.25) is 9.00 Å². The van der Waals surface area contributed by atoms with Gasteiger partial charge in [-0.2, -0.15) is 0 Å². The molecule has 0 aromatic carbocycles. The lowest BCUT2D eigenvalue weighted by molar-refractivity contribution is 0.0929. The molecule has 1 aliphatic heterocycles. The zero-order valence-electron chi connectivity index (χ0n) is 11.1. The van der Waals surface area contributed by atoms with Crippen LogP contribution in [-0.4, -0.2) is 39.2 Å². The Morgan fingerprint density at radius 2 is 2.25 bits per heavy atom. The molecule has 0 bridgehead atoms. The Morgan fingerprint density at radius 1 is 1.50 bits per heavy atom. The van der Waals surface area contributed by atoms with Gasteiger partial charge in [0.2, 0.25) is 0 Å². The Bertz CT molecular complexity index is 567. The summed E-state index contributed by atoms with van der Waals surface area (Å²) in [4.78, 5) is 16.3. The van der Waals surface area contributed by atoms with Gasteiger partial charge >= 0.3 is 0 Å². The predicted octanol–water partition coefficient (Wildman–Crippen LogP) is 0.0327. The molecule has 2 heterocycles. The molecule has 1 fully saturated rings. The predicted molar refractivity (Wildman–Crippen MR) is 78.5 cm³/mol. The van der Waals surface area contributed by atoms with Crippen molar-refractivity contribution in [2.75, 3.05) is 18.1 Å². The highest BCUT2D eigenvalue weighted by atomic mass is 32.2. The van der Waals surface area contributed by atoms with Crippen LogP contribution in [0.15, 0.2) is 18.3 Å². The third-order valence-electron chi connectivity index (χ3n) is 3.07.